The van der Waals surface area contributed by atoms with Crippen LogP contribution in [0.1, 0.15) is 11.1 Å². The van der Waals surface area contributed by atoms with Gasteiger partial charge in [0, 0.05) is 4.92 Å². The van der Waals surface area contributed by atoms with Gasteiger partial charge in [0.15, 0.2) is 0 Å². The van der Waals surface area contributed by atoms with Crippen molar-refractivity contribution in [2.24, 2.45) is 0 Å². The number of nitrogens with one attached hydrogen (secondary N) is 2. The average molecular weight is 367 g/mol. The molecule has 2 aromatic carbocycles. The highest BCUT2D eigenvalue weighted by Gasteiger charge is 2.43. The Kier molecular flexibility index (Phi) is 5.46. The van der Waals surface area contributed by atoms with E-state index in [0.29, 0.717) is 12.4 Å². The number of ether oxygens (including phenoxy) is 1. The molecule has 3 rings (SSSR count). The van der Waals surface area contributed by atoms with Gasteiger partial charge in [-0.15, -0.1) is 0 Å². The van der Waals surface area contributed by atoms with E-state index in [-0.39, 0.29) is 0 Å². The van der Waals surface area contributed by atoms with Crippen molar-refractivity contribution in [3.63, 3.8) is 0 Å². The number of rotatable bonds is 6. The largest absolute Gasteiger partial charge is 0.489 e. The minimum atomic E-state index is -1.57. The third-order valence-electron chi connectivity index (χ3n) is 3.97. The topological polar surface area (TPSA) is 111 Å². The predicted octanol–water partition coefficient (Wildman–Crippen LogP) is 2.13. The van der Waals surface area contributed by atoms with Gasteiger partial charge in [-0.3, -0.25) is 20.2 Å². The number of hydrogen-bond donors (Lipinski definition) is 2. The van der Waals surface area contributed by atoms with Crippen LogP contribution in [0.2, 0.25) is 0 Å². The molecule has 0 aliphatic carbocycles. The van der Waals surface area contributed by atoms with Gasteiger partial charge in [-0.25, -0.2) is 4.79 Å². The first-order valence-electron chi connectivity index (χ1n) is 8.23. The van der Waals surface area contributed by atoms with E-state index >= 15 is 0 Å². The summed E-state index contributed by atoms with van der Waals surface area (Å²) in [7, 11) is 0. The lowest BCUT2D eigenvalue weighted by molar-refractivity contribution is -0.510. The van der Waals surface area contributed by atoms with Gasteiger partial charge >= 0.3 is 18.0 Å². The Hall–Kier alpha value is -3.68. The fourth-order valence-corrected chi connectivity index (χ4v) is 2.66. The molecule has 0 bridgehead atoms. The molecule has 1 aliphatic heterocycles. The second-order valence-electron chi connectivity index (χ2n) is 5.92. The van der Waals surface area contributed by atoms with Crippen molar-refractivity contribution >= 4 is 18.0 Å². The highest BCUT2D eigenvalue weighted by atomic mass is 16.6. The Morgan fingerprint density at radius 1 is 1.11 bits per heavy atom. The number of carbonyl (C=O) groups excluding carboxylic acids is 2. The standard InChI is InChI=1S/C19H17N3O5/c23-18-17(22(25)26)16(20-19(24)21-18)10-9-13-7-4-8-15(11-13)27-12-14-5-2-1-3-6-14/h1-11,16-17H,12H2,(H2,20,21,23,24)/b10-9-. The first-order chi connectivity index (χ1) is 13.0. The van der Waals surface area contributed by atoms with Crippen LogP contribution in [0.15, 0.2) is 60.7 Å². The van der Waals surface area contributed by atoms with E-state index in [4.69, 9.17) is 4.74 Å². The number of urea groups is 1. The number of hydrogen-bond acceptors (Lipinski definition) is 5. The van der Waals surface area contributed by atoms with Crippen LogP contribution in [0.4, 0.5) is 4.79 Å². The Morgan fingerprint density at radius 2 is 1.89 bits per heavy atom. The Morgan fingerprint density at radius 3 is 2.63 bits per heavy atom. The van der Waals surface area contributed by atoms with E-state index in [1.807, 2.05) is 35.6 Å². The summed E-state index contributed by atoms with van der Waals surface area (Å²) in [4.78, 5) is 33.5. The van der Waals surface area contributed by atoms with E-state index in [2.05, 4.69) is 5.32 Å². The zero-order valence-corrected chi connectivity index (χ0v) is 14.2. The minimum absolute atomic E-state index is 0.413. The van der Waals surface area contributed by atoms with Crippen LogP contribution in [0, 0.1) is 10.1 Å². The zero-order chi connectivity index (χ0) is 19.2. The quantitative estimate of drug-likeness (QED) is 0.600. The summed E-state index contributed by atoms with van der Waals surface area (Å²) in [6.07, 6.45) is 3.04. The molecule has 2 N–H and O–H groups in total. The number of nitrogens with zero attached hydrogens (tertiary/aromatic N) is 1. The molecule has 27 heavy (non-hydrogen) atoms. The molecule has 2 atom stereocenters. The molecular weight excluding hydrogens is 350 g/mol. The molecule has 2 aromatic rings. The van der Waals surface area contributed by atoms with Crippen molar-refractivity contribution in [3.8, 4) is 5.75 Å². The van der Waals surface area contributed by atoms with Gasteiger partial charge in [0.25, 0.3) is 0 Å². The average Bonchev–Trinajstić information content (AvgIpc) is 2.65. The van der Waals surface area contributed by atoms with E-state index in [1.165, 1.54) is 6.08 Å². The van der Waals surface area contributed by atoms with Crippen molar-refractivity contribution < 1.29 is 19.2 Å². The fraction of sp³-hybridized carbons (Fsp3) is 0.158. The smallest absolute Gasteiger partial charge is 0.322 e. The Balaban J connectivity index is 1.70. The van der Waals surface area contributed by atoms with Gasteiger partial charge in [-0.1, -0.05) is 54.6 Å². The molecule has 0 spiro atoms. The van der Waals surface area contributed by atoms with E-state index in [9.17, 15) is 19.7 Å². The van der Waals surface area contributed by atoms with Crippen LogP contribution in [0.5, 0.6) is 5.75 Å². The number of carbonyl (C=O) groups is 2. The highest BCUT2D eigenvalue weighted by Crippen LogP contribution is 2.17. The molecule has 0 saturated carbocycles. The monoisotopic (exact) mass is 367 g/mol. The van der Waals surface area contributed by atoms with Crippen LogP contribution in [0.3, 0.4) is 0 Å². The Bertz CT molecular complexity index is 882. The summed E-state index contributed by atoms with van der Waals surface area (Å²) in [5.41, 5.74) is 1.76. The molecule has 0 aromatic heterocycles. The lowest BCUT2D eigenvalue weighted by Gasteiger charge is -2.23. The number of imide groups is 1. The maximum absolute atomic E-state index is 11.7. The number of amides is 3. The molecule has 1 saturated heterocycles. The van der Waals surface area contributed by atoms with Gasteiger partial charge in [-0.05, 0) is 23.3 Å². The summed E-state index contributed by atoms with van der Waals surface area (Å²) >= 11 is 0. The van der Waals surface area contributed by atoms with Crippen LogP contribution in [0.25, 0.3) is 6.08 Å². The molecular formula is C19H17N3O5. The van der Waals surface area contributed by atoms with Gasteiger partial charge in [0.1, 0.15) is 18.4 Å². The van der Waals surface area contributed by atoms with Gasteiger partial charge in [-0.2, -0.15) is 0 Å². The summed E-state index contributed by atoms with van der Waals surface area (Å²) in [5.74, 6) is -0.296. The lowest BCUT2D eigenvalue weighted by atomic mass is 10.0. The maximum Gasteiger partial charge on any atom is 0.322 e. The zero-order valence-electron chi connectivity index (χ0n) is 14.2. The maximum atomic E-state index is 11.7. The summed E-state index contributed by atoms with van der Waals surface area (Å²) in [6.45, 7) is 0.413. The predicted molar refractivity (Wildman–Crippen MR) is 97.5 cm³/mol. The van der Waals surface area contributed by atoms with Crippen LogP contribution >= 0.6 is 0 Å². The van der Waals surface area contributed by atoms with Crippen LogP contribution < -0.4 is 15.4 Å². The summed E-state index contributed by atoms with van der Waals surface area (Å²) in [6, 6.07) is 13.5. The third kappa shape index (κ3) is 4.69. The molecule has 1 fully saturated rings. The molecule has 1 aliphatic rings. The SMILES string of the molecule is O=C1NC(=O)C([N+](=O)[O-])C(/C=C\c2cccc(OCc3ccccc3)c2)N1. The summed E-state index contributed by atoms with van der Waals surface area (Å²) < 4.78 is 5.74. The van der Waals surface area contributed by atoms with Crippen LogP contribution in [-0.2, 0) is 11.4 Å². The Labute approximate surface area is 155 Å². The molecule has 138 valence electrons. The minimum Gasteiger partial charge on any atom is -0.489 e. The molecule has 1 heterocycles. The number of nitro groups is 1. The van der Waals surface area contributed by atoms with Gasteiger partial charge in [0.05, 0.1) is 0 Å². The van der Waals surface area contributed by atoms with Gasteiger partial charge < -0.3 is 10.1 Å². The van der Waals surface area contributed by atoms with Crippen molar-refractivity contribution in [3.05, 3.63) is 81.9 Å². The second-order valence-corrected chi connectivity index (χ2v) is 5.92. The van der Waals surface area contributed by atoms with Gasteiger partial charge in [0.2, 0.25) is 0 Å². The van der Waals surface area contributed by atoms with E-state index in [1.54, 1.807) is 30.3 Å². The lowest BCUT2D eigenvalue weighted by Crippen LogP contribution is -2.62. The molecule has 8 heteroatoms. The van der Waals surface area contributed by atoms with Crippen molar-refractivity contribution in [2.75, 3.05) is 0 Å². The summed E-state index contributed by atoms with van der Waals surface area (Å²) in [5, 5.41) is 15.4. The second kappa shape index (κ2) is 8.13. The van der Waals surface area contributed by atoms with Crippen molar-refractivity contribution in [2.45, 2.75) is 18.7 Å². The van der Waals surface area contributed by atoms with E-state index < -0.39 is 28.9 Å². The van der Waals surface area contributed by atoms with Crippen molar-refractivity contribution in [1.29, 1.82) is 0 Å². The fourth-order valence-electron chi connectivity index (χ4n) is 2.66. The highest BCUT2D eigenvalue weighted by molar-refractivity contribution is 6.00. The van der Waals surface area contributed by atoms with Crippen molar-refractivity contribution in [1.82, 2.24) is 10.6 Å². The third-order valence-corrected chi connectivity index (χ3v) is 3.97. The first-order valence-corrected chi connectivity index (χ1v) is 8.23. The molecule has 2 unspecified atom stereocenters. The molecule has 8 nitrogen and oxygen atoms in total. The van der Waals surface area contributed by atoms with Crippen LogP contribution in [-0.4, -0.2) is 28.9 Å². The molecule has 0 radical (unpaired) electrons. The number of benzene rings is 2. The van der Waals surface area contributed by atoms with E-state index in [0.717, 1.165) is 11.1 Å². The normalized spacial score (nSPS) is 19.4. The first kappa shape index (κ1) is 18.1. The molecule has 3 amide bonds.